The van der Waals surface area contributed by atoms with E-state index in [1.165, 1.54) is 37.3 Å². The minimum Gasteiger partial charge on any atom is -0.352 e. The van der Waals surface area contributed by atoms with E-state index in [4.69, 9.17) is 11.6 Å². The van der Waals surface area contributed by atoms with Gasteiger partial charge in [0.2, 0.25) is 11.8 Å². The number of carbonyl (C=O) groups is 2. The number of benzene rings is 3. The molecular formula is C28H29ClF3N3O4S. The van der Waals surface area contributed by atoms with E-state index in [-0.39, 0.29) is 23.2 Å². The predicted molar refractivity (Wildman–Crippen MR) is 147 cm³/mol. The quantitative estimate of drug-likeness (QED) is 0.336. The Balaban J connectivity index is 2.09. The molecule has 0 saturated heterocycles. The highest BCUT2D eigenvalue weighted by Crippen LogP contribution is 2.33. The fourth-order valence-corrected chi connectivity index (χ4v) is 5.51. The number of rotatable bonds is 10. The van der Waals surface area contributed by atoms with Crippen LogP contribution < -0.4 is 9.62 Å². The van der Waals surface area contributed by atoms with Gasteiger partial charge in [-0.25, -0.2) is 8.42 Å². The third kappa shape index (κ3) is 7.54. The van der Waals surface area contributed by atoms with E-state index in [2.05, 4.69) is 5.32 Å². The Labute approximate surface area is 236 Å². The number of amides is 2. The van der Waals surface area contributed by atoms with Gasteiger partial charge in [0.1, 0.15) is 12.6 Å². The van der Waals surface area contributed by atoms with Crippen LogP contribution in [0.5, 0.6) is 0 Å². The third-order valence-electron chi connectivity index (χ3n) is 5.97. The molecule has 40 heavy (non-hydrogen) atoms. The third-order valence-corrected chi connectivity index (χ3v) is 8.13. The van der Waals surface area contributed by atoms with Gasteiger partial charge in [0.25, 0.3) is 10.0 Å². The Morgan fingerprint density at radius 2 is 1.55 bits per heavy atom. The molecule has 2 amide bonds. The van der Waals surface area contributed by atoms with Gasteiger partial charge in [0.05, 0.1) is 16.1 Å². The van der Waals surface area contributed by atoms with Crippen LogP contribution in [-0.2, 0) is 32.3 Å². The molecule has 12 heteroatoms. The number of nitrogens with zero attached hydrogens (tertiary/aromatic N) is 2. The molecule has 0 radical (unpaired) electrons. The Morgan fingerprint density at radius 1 is 0.925 bits per heavy atom. The van der Waals surface area contributed by atoms with Gasteiger partial charge in [-0.15, -0.1) is 0 Å². The number of hydrogen-bond donors (Lipinski definition) is 1. The lowest BCUT2D eigenvalue weighted by Gasteiger charge is -2.32. The topological polar surface area (TPSA) is 86.8 Å². The fraction of sp³-hybridized carbons (Fsp3) is 0.286. The maximum absolute atomic E-state index is 13.8. The zero-order valence-electron chi connectivity index (χ0n) is 22.0. The summed E-state index contributed by atoms with van der Waals surface area (Å²) in [5, 5.41) is 3.04. The number of carbonyl (C=O) groups excluding carboxylic acids is 2. The van der Waals surface area contributed by atoms with Gasteiger partial charge < -0.3 is 10.2 Å². The number of sulfonamides is 1. The van der Waals surface area contributed by atoms with Crippen molar-refractivity contribution >= 4 is 39.1 Å². The molecule has 0 saturated carbocycles. The first-order chi connectivity index (χ1) is 18.7. The van der Waals surface area contributed by atoms with Crippen molar-refractivity contribution < 1.29 is 31.2 Å². The molecule has 0 aliphatic rings. The van der Waals surface area contributed by atoms with Crippen molar-refractivity contribution in [1.82, 2.24) is 10.2 Å². The van der Waals surface area contributed by atoms with Crippen molar-refractivity contribution in [3.8, 4) is 0 Å². The zero-order chi connectivity index (χ0) is 29.7. The molecule has 1 N–H and O–H groups in total. The monoisotopic (exact) mass is 595 g/mol. The van der Waals surface area contributed by atoms with E-state index in [0.717, 1.165) is 17.0 Å². The molecule has 3 aromatic carbocycles. The second-order valence-electron chi connectivity index (χ2n) is 9.33. The largest absolute Gasteiger partial charge is 0.416 e. The van der Waals surface area contributed by atoms with Gasteiger partial charge in [-0.2, -0.15) is 13.2 Å². The standard InChI is InChI=1S/C28H29ClF3N3O4S/c1-19(2)33-27(37)20(3)34(17-21-10-7-8-15-25(21)29)26(36)18-35(40(38,39)24-13-5-4-6-14-24)23-12-9-11-22(16-23)28(30,31)32/h4-16,19-20H,17-18H2,1-3H3,(H,33,37)/t20-/m1/s1. The highest BCUT2D eigenvalue weighted by Gasteiger charge is 2.35. The van der Waals surface area contributed by atoms with E-state index in [9.17, 15) is 31.2 Å². The molecule has 3 rings (SSSR count). The van der Waals surface area contributed by atoms with Crippen molar-refractivity contribution in [2.45, 2.75) is 50.5 Å². The molecule has 3 aromatic rings. The first-order valence-electron chi connectivity index (χ1n) is 12.3. The van der Waals surface area contributed by atoms with Crippen molar-refractivity contribution in [2.24, 2.45) is 0 Å². The number of halogens is 4. The molecule has 0 fully saturated rings. The van der Waals surface area contributed by atoms with E-state index in [1.807, 2.05) is 0 Å². The first kappa shape index (κ1) is 31.0. The van der Waals surface area contributed by atoms with Crippen LogP contribution in [0.25, 0.3) is 0 Å². The number of hydrogen-bond acceptors (Lipinski definition) is 4. The van der Waals surface area contributed by atoms with Gasteiger partial charge in [-0.1, -0.05) is 54.1 Å². The predicted octanol–water partition coefficient (Wildman–Crippen LogP) is 5.50. The van der Waals surface area contributed by atoms with Gasteiger partial charge in [0, 0.05) is 17.6 Å². The van der Waals surface area contributed by atoms with E-state index in [0.29, 0.717) is 21.0 Å². The summed E-state index contributed by atoms with van der Waals surface area (Å²) in [5.41, 5.74) is -0.939. The Bertz CT molecular complexity index is 1450. The van der Waals surface area contributed by atoms with Crippen LogP contribution in [0.2, 0.25) is 5.02 Å². The normalized spacial score (nSPS) is 12.6. The molecule has 0 bridgehead atoms. The number of alkyl halides is 3. The highest BCUT2D eigenvalue weighted by molar-refractivity contribution is 7.92. The summed E-state index contributed by atoms with van der Waals surface area (Å²) in [6.45, 7) is 3.95. The van der Waals surface area contributed by atoms with Crippen molar-refractivity contribution in [3.63, 3.8) is 0 Å². The second kappa shape index (κ2) is 12.7. The van der Waals surface area contributed by atoms with E-state index in [1.54, 1.807) is 44.2 Å². The SMILES string of the molecule is CC(C)NC(=O)[C@@H](C)N(Cc1ccccc1Cl)C(=O)CN(c1cccc(C(F)(F)F)c1)S(=O)(=O)c1ccccc1. The lowest BCUT2D eigenvalue weighted by Crippen LogP contribution is -2.52. The summed E-state index contributed by atoms with van der Waals surface area (Å²) in [4.78, 5) is 27.7. The maximum Gasteiger partial charge on any atom is 0.416 e. The van der Waals surface area contributed by atoms with E-state index < -0.39 is 46.2 Å². The number of anilines is 1. The number of nitrogens with one attached hydrogen (secondary N) is 1. The van der Waals surface area contributed by atoms with Gasteiger partial charge >= 0.3 is 6.18 Å². The van der Waals surface area contributed by atoms with Crippen LogP contribution in [-0.4, -0.2) is 43.8 Å². The fourth-order valence-electron chi connectivity index (χ4n) is 3.88. The summed E-state index contributed by atoms with van der Waals surface area (Å²) < 4.78 is 68.6. The van der Waals surface area contributed by atoms with Crippen LogP contribution in [0.3, 0.4) is 0 Å². The molecule has 0 spiro atoms. The zero-order valence-corrected chi connectivity index (χ0v) is 23.6. The summed E-state index contributed by atoms with van der Waals surface area (Å²) in [7, 11) is -4.50. The summed E-state index contributed by atoms with van der Waals surface area (Å²) in [5.74, 6) is -1.31. The smallest absolute Gasteiger partial charge is 0.352 e. The van der Waals surface area contributed by atoms with Crippen molar-refractivity contribution in [2.75, 3.05) is 10.8 Å². The molecule has 0 aliphatic carbocycles. The van der Waals surface area contributed by atoms with Crippen LogP contribution in [0.1, 0.15) is 31.9 Å². The summed E-state index contributed by atoms with van der Waals surface area (Å²) >= 11 is 6.30. The molecule has 214 valence electrons. The van der Waals surface area contributed by atoms with Gasteiger partial charge in [0.15, 0.2) is 0 Å². The van der Waals surface area contributed by atoms with Gasteiger partial charge in [-0.3, -0.25) is 13.9 Å². The lowest BCUT2D eigenvalue weighted by atomic mass is 10.1. The Morgan fingerprint density at radius 3 is 2.15 bits per heavy atom. The maximum atomic E-state index is 13.8. The minimum absolute atomic E-state index is 0.146. The van der Waals surface area contributed by atoms with Crippen molar-refractivity contribution in [3.05, 3.63) is 95.0 Å². The molecule has 7 nitrogen and oxygen atoms in total. The van der Waals surface area contributed by atoms with Crippen LogP contribution in [0.4, 0.5) is 18.9 Å². The van der Waals surface area contributed by atoms with Crippen LogP contribution in [0, 0.1) is 0 Å². The van der Waals surface area contributed by atoms with E-state index >= 15 is 0 Å². The lowest BCUT2D eigenvalue weighted by molar-refractivity contribution is -0.139. The van der Waals surface area contributed by atoms with Crippen LogP contribution >= 0.6 is 11.6 Å². The Hall–Kier alpha value is -3.57. The average molecular weight is 596 g/mol. The second-order valence-corrected chi connectivity index (χ2v) is 11.6. The van der Waals surface area contributed by atoms with Crippen molar-refractivity contribution in [1.29, 1.82) is 0 Å². The molecular weight excluding hydrogens is 567 g/mol. The van der Waals surface area contributed by atoms with Crippen LogP contribution in [0.15, 0.2) is 83.8 Å². The molecule has 0 unspecified atom stereocenters. The summed E-state index contributed by atoms with van der Waals surface area (Å²) in [6, 6.07) is 16.1. The Kier molecular flexibility index (Phi) is 9.86. The van der Waals surface area contributed by atoms with Gasteiger partial charge in [-0.05, 0) is 62.7 Å². The molecule has 0 aliphatic heterocycles. The first-order valence-corrected chi connectivity index (χ1v) is 14.1. The minimum atomic E-state index is -4.75. The average Bonchev–Trinajstić information content (AvgIpc) is 2.90. The highest BCUT2D eigenvalue weighted by atomic mass is 35.5. The molecule has 0 heterocycles. The summed E-state index contributed by atoms with van der Waals surface area (Å²) in [6.07, 6.45) is -4.75. The molecule has 0 aromatic heterocycles. The molecule has 1 atom stereocenters.